The van der Waals surface area contributed by atoms with Gasteiger partial charge in [-0.3, -0.25) is 24.6 Å². The van der Waals surface area contributed by atoms with Crippen LogP contribution in [0.3, 0.4) is 0 Å². The van der Waals surface area contributed by atoms with Crippen molar-refractivity contribution in [1.82, 2.24) is 13.9 Å². The van der Waals surface area contributed by atoms with E-state index in [1.54, 1.807) is 12.1 Å². The van der Waals surface area contributed by atoms with E-state index in [2.05, 4.69) is 4.98 Å². The first-order valence-corrected chi connectivity index (χ1v) is 12.1. The number of carbonyl (C=O) groups excluding carboxylic acids is 2. The van der Waals surface area contributed by atoms with Crippen LogP contribution in [-0.2, 0) is 16.6 Å². The van der Waals surface area contributed by atoms with Crippen LogP contribution in [0.25, 0.3) is 11.0 Å². The van der Waals surface area contributed by atoms with Gasteiger partial charge in [-0.2, -0.15) is 0 Å². The highest BCUT2D eigenvalue weighted by Crippen LogP contribution is 2.34. The molecule has 3 aromatic carbocycles. The lowest BCUT2D eigenvalue weighted by Gasteiger charge is -2.16. The fraction of sp³-hybridized carbons (Fsp3) is 0.0455. The monoisotopic (exact) mass is 530 g/mol. The van der Waals surface area contributed by atoms with Gasteiger partial charge in [0.2, 0.25) is 0 Å². The molecule has 2 heterocycles. The zero-order valence-electron chi connectivity index (χ0n) is 17.4. The van der Waals surface area contributed by atoms with Gasteiger partial charge in [0.1, 0.15) is 5.82 Å². The minimum atomic E-state index is -4.64. The van der Waals surface area contributed by atoms with E-state index in [4.69, 9.17) is 23.2 Å². The van der Waals surface area contributed by atoms with Crippen LogP contribution in [0.2, 0.25) is 10.0 Å². The molecule has 0 saturated heterocycles. The highest BCUT2D eigenvalue weighted by Gasteiger charge is 2.38. The lowest BCUT2D eigenvalue weighted by atomic mass is 10.1. The average Bonchev–Trinajstić information content (AvgIpc) is 3.30. The first-order chi connectivity index (χ1) is 16.6. The molecular formula is C22H12Cl2N4O6S. The number of hydrogen-bond acceptors (Lipinski definition) is 7. The molecule has 4 aromatic rings. The Morgan fingerprint density at radius 1 is 0.914 bits per heavy atom. The SMILES string of the molecule is O=C1c2ccccc2C(=O)N1Cc1nc2cc(Cl)c(Cl)cc2n1S(=O)(=O)c1ccccc1[N+](=O)[O-]. The molecule has 5 rings (SSSR count). The average molecular weight is 531 g/mol. The Morgan fingerprint density at radius 3 is 2.11 bits per heavy atom. The molecule has 0 saturated carbocycles. The van der Waals surface area contributed by atoms with Gasteiger partial charge in [0.25, 0.3) is 27.5 Å². The predicted octanol–water partition coefficient (Wildman–Crippen LogP) is 4.28. The molecule has 1 aromatic heterocycles. The molecule has 10 nitrogen and oxygen atoms in total. The Balaban J connectivity index is 1.73. The van der Waals surface area contributed by atoms with Crippen molar-refractivity contribution in [2.45, 2.75) is 11.4 Å². The maximum atomic E-state index is 13.8. The summed E-state index contributed by atoms with van der Waals surface area (Å²) in [6.07, 6.45) is 0. The number of nitro groups is 1. The van der Waals surface area contributed by atoms with E-state index in [-0.39, 0.29) is 38.0 Å². The molecule has 13 heteroatoms. The molecule has 0 spiro atoms. The lowest BCUT2D eigenvalue weighted by molar-refractivity contribution is -0.387. The van der Waals surface area contributed by atoms with E-state index >= 15 is 0 Å². The highest BCUT2D eigenvalue weighted by atomic mass is 35.5. The predicted molar refractivity (Wildman–Crippen MR) is 126 cm³/mol. The molecule has 1 aliphatic rings. The number of halogens is 2. The summed E-state index contributed by atoms with van der Waals surface area (Å²) < 4.78 is 28.3. The molecule has 176 valence electrons. The summed E-state index contributed by atoms with van der Waals surface area (Å²) in [6.45, 7) is -0.518. The second kappa shape index (κ2) is 8.15. The molecule has 0 atom stereocenters. The van der Waals surface area contributed by atoms with E-state index in [0.717, 1.165) is 21.0 Å². The molecule has 0 fully saturated rings. The number of aromatic nitrogens is 2. The van der Waals surface area contributed by atoms with Gasteiger partial charge in [-0.25, -0.2) is 17.4 Å². The fourth-order valence-corrected chi connectivity index (χ4v) is 5.87. The van der Waals surface area contributed by atoms with Crippen LogP contribution in [0, 0.1) is 10.1 Å². The molecule has 0 N–H and O–H groups in total. The van der Waals surface area contributed by atoms with Gasteiger partial charge in [0.15, 0.2) is 4.90 Å². The normalized spacial score (nSPS) is 13.5. The number of benzene rings is 3. The van der Waals surface area contributed by atoms with E-state index in [1.165, 1.54) is 36.4 Å². The first-order valence-electron chi connectivity index (χ1n) is 9.92. The minimum absolute atomic E-state index is 0.0189. The first kappa shape index (κ1) is 23.0. The number of nitrogens with zero attached hydrogens (tertiary/aromatic N) is 4. The number of rotatable bonds is 5. The molecule has 0 unspecified atom stereocenters. The van der Waals surface area contributed by atoms with Crippen molar-refractivity contribution in [3.05, 3.63) is 97.8 Å². The third-order valence-electron chi connectivity index (χ3n) is 5.48. The van der Waals surface area contributed by atoms with Crippen LogP contribution < -0.4 is 0 Å². The van der Waals surface area contributed by atoms with Crippen LogP contribution in [0.5, 0.6) is 0 Å². The Morgan fingerprint density at radius 2 is 1.49 bits per heavy atom. The van der Waals surface area contributed by atoms with Gasteiger partial charge in [0.05, 0.1) is 43.7 Å². The fourth-order valence-electron chi connectivity index (χ4n) is 3.92. The Kier molecular flexibility index (Phi) is 5.35. The number of carbonyl (C=O) groups is 2. The third-order valence-corrected chi connectivity index (χ3v) is 7.99. The summed E-state index contributed by atoms with van der Waals surface area (Å²) in [6, 6.07) is 13.6. The standard InChI is InChI=1S/C22H12Cl2N4O6S/c23-14-9-16-18(10-15(14)24)27(35(33,34)19-8-4-3-7-17(19)28(31)32)20(25-16)11-26-21(29)12-5-1-2-6-13(12)22(26)30/h1-10H,11H2. The zero-order valence-corrected chi connectivity index (χ0v) is 19.7. The number of fused-ring (bicyclic) bond motifs is 2. The molecule has 2 amide bonds. The maximum Gasteiger partial charge on any atom is 0.289 e. The lowest BCUT2D eigenvalue weighted by Crippen LogP contribution is -2.31. The molecule has 35 heavy (non-hydrogen) atoms. The van der Waals surface area contributed by atoms with Crippen LogP contribution in [0.15, 0.2) is 65.6 Å². The Bertz CT molecular complexity index is 1660. The van der Waals surface area contributed by atoms with Crippen LogP contribution in [0.1, 0.15) is 26.5 Å². The highest BCUT2D eigenvalue weighted by molar-refractivity contribution is 7.90. The smallest absolute Gasteiger partial charge is 0.269 e. The number of nitro benzene ring substituents is 1. The van der Waals surface area contributed by atoms with Gasteiger partial charge in [-0.1, -0.05) is 47.5 Å². The number of hydrogen-bond donors (Lipinski definition) is 0. The van der Waals surface area contributed by atoms with Gasteiger partial charge < -0.3 is 0 Å². The molecule has 0 radical (unpaired) electrons. The summed E-state index contributed by atoms with van der Waals surface area (Å²) in [7, 11) is -4.64. The number of amides is 2. The van der Waals surface area contributed by atoms with Crippen LogP contribution in [0.4, 0.5) is 5.69 Å². The van der Waals surface area contributed by atoms with Crippen molar-refractivity contribution in [2.75, 3.05) is 0 Å². The van der Waals surface area contributed by atoms with E-state index in [0.29, 0.717) is 0 Å². The molecule has 0 aliphatic carbocycles. The van der Waals surface area contributed by atoms with Gasteiger partial charge in [0, 0.05) is 6.07 Å². The maximum absolute atomic E-state index is 13.8. The molecule has 1 aliphatic heterocycles. The van der Waals surface area contributed by atoms with Crippen molar-refractivity contribution in [3.8, 4) is 0 Å². The minimum Gasteiger partial charge on any atom is -0.269 e. The van der Waals surface area contributed by atoms with Crippen molar-refractivity contribution < 1.29 is 22.9 Å². The molecule has 0 bridgehead atoms. The zero-order chi connectivity index (χ0) is 25.1. The van der Waals surface area contributed by atoms with Crippen LogP contribution in [-0.4, -0.2) is 39.0 Å². The van der Waals surface area contributed by atoms with Crippen molar-refractivity contribution in [1.29, 1.82) is 0 Å². The van der Waals surface area contributed by atoms with Gasteiger partial charge in [-0.05, 0) is 30.3 Å². The quantitative estimate of drug-likeness (QED) is 0.213. The van der Waals surface area contributed by atoms with Crippen molar-refractivity contribution in [3.63, 3.8) is 0 Å². The third kappa shape index (κ3) is 3.55. The Labute approximate surface area is 207 Å². The Hall–Kier alpha value is -3.80. The van der Waals surface area contributed by atoms with E-state index in [9.17, 15) is 28.1 Å². The van der Waals surface area contributed by atoms with E-state index in [1.807, 2.05) is 0 Å². The van der Waals surface area contributed by atoms with Crippen LogP contribution >= 0.6 is 23.2 Å². The van der Waals surface area contributed by atoms with Crippen molar-refractivity contribution >= 4 is 61.8 Å². The van der Waals surface area contributed by atoms with Gasteiger partial charge >= 0.3 is 0 Å². The summed E-state index contributed by atoms with van der Waals surface area (Å²) in [5.41, 5.74) is -0.223. The van der Waals surface area contributed by atoms with E-state index < -0.39 is 43.9 Å². The number of imide groups is 1. The number of imidazole rings is 1. The van der Waals surface area contributed by atoms with Gasteiger partial charge in [-0.15, -0.1) is 0 Å². The second-order valence-electron chi connectivity index (χ2n) is 7.52. The summed E-state index contributed by atoms with van der Waals surface area (Å²) >= 11 is 12.2. The summed E-state index contributed by atoms with van der Waals surface area (Å²) in [4.78, 5) is 41.1. The van der Waals surface area contributed by atoms with Crippen molar-refractivity contribution in [2.24, 2.45) is 0 Å². The summed E-state index contributed by atoms with van der Waals surface area (Å²) in [5.74, 6) is -1.47. The number of para-hydroxylation sites is 1. The topological polar surface area (TPSA) is 132 Å². The summed E-state index contributed by atoms with van der Waals surface area (Å²) in [5, 5.41) is 11.7. The second-order valence-corrected chi connectivity index (χ2v) is 10.1. The molecular weight excluding hydrogens is 519 g/mol. The largest absolute Gasteiger partial charge is 0.289 e.